The zero-order valence-corrected chi connectivity index (χ0v) is 16.6. The maximum absolute atomic E-state index is 12.4. The second-order valence-corrected chi connectivity index (χ2v) is 8.67. The van der Waals surface area contributed by atoms with Gasteiger partial charge in [-0.2, -0.15) is 5.10 Å². The molecule has 1 amide bonds. The van der Waals surface area contributed by atoms with Crippen LogP contribution in [0.3, 0.4) is 0 Å². The molecule has 0 atom stereocenters. The van der Waals surface area contributed by atoms with Gasteiger partial charge in [-0.1, -0.05) is 6.92 Å². The van der Waals surface area contributed by atoms with Crippen molar-refractivity contribution in [1.29, 1.82) is 0 Å². The Kier molecular flexibility index (Phi) is 5.28. The molecule has 0 aliphatic carbocycles. The van der Waals surface area contributed by atoms with E-state index in [4.69, 9.17) is 4.42 Å². The number of aromatic nitrogens is 2. The standard InChI is InChI=1S/C19H21N3O5S/c1-4-28(25,26)15-6-7-17(23)16(10-15)20-19(24)18-8-5-14(27-18)11-22-13(3)9-12(2)21-22/h5-10,23H,4,11H2,1-3H3,(H,20,24). The van der Waals surface area contributed by atoms with E-state index in [-0.39, 0.29) is 27.8 Å². The smallest absolute Gasteiger partial charge is 0.291 e. The summed E-state index contributed by atoms with van der Waals surface area (Å²) < 4.78 is 31.3. The van der Waals surface area contributed by atoms with Crippen LogP contribution < -0.4 is 5.32 Å². The van der Waals surface area contributed by atoms with Crippen molar-refractivity contribution in [2.45, 2.75) is 32.2 Å². The van der Waals surface area contributed by atoms with Crippen LogP contribution in [0.1, 0.15) is 34.6 Å². The highest BCUT2D eigenvalue weighted by molar-refractivity contribution is 7.91. The van der Waals surface area contributed by atoms with Crippen LogP contribution in [0.4, 0.5) is 5.69 Å². The van der Waals surface area contributed by atoms with E-state index in [1.165, 1.54) is 31.2 Å². The molecule has 0 fully saturated rings. The molecule has 0 unspecified atom stereocenters. The van der Waals surface area contributed by atoms with Gasteiger partial charge in [0, 0.05) is 5.69 Å². The Hall–Kier alpha value is -3.07. The maximum Gasteiger partial charge on any atom is 0.291 e. The minimum atomic E-state index is -3.47. The van der Waals surface area contributed by atoms with Crippen LogP contribution in [0.5, 0.6) is 5.75 Å². The summed E-state index contributed by atoms with van der Waals surface area (Å²) in [5, 5.41) is 16.8. The number of hydrogen-bond donors (Lipinski definition) is 2. The third-order valence-corrected chi connectivity index (χ3v) is 5.98. The number of amides is 1. The molecule has 0 aliphatic heterocycles. The molecule has 2 aromatic heterocycles. The highest BCUT2D eigenvalue weighted by Crippen LogP contribution is 2.27. The van der Waals surface area contributed by atoms with Crippen LogP contribution in [0, 0.1) is 13.8 Å². The second kappa shape index (κ2) is 7.51. The summed E-state index contributed by atoms with van der Waals surface area (Å²) in [6, 6.07) is 8.88. The first-order valence-electron chi connectivity index (χ1n) is 8.66. The van der Waals surface area contributed by atoms with Crippen molar-refractivity contribution in [3.63, 3.8) is 0 Å². The van der Waals surface area contributed by atoms with E-state index in [0.717, 1.165) is 11.4 Å². The number of carbonyl (C=O) groups excluding carboxylic acids is 1. The number of phenolic OH excluding ortho intramolecular Hbond substituents is 1. The molecular weight excluding hydrogens is 382 g/mol. The Morgan fingerprint density at radius 3 is 2.61 bits per heavy atom. The maximum atomic E-state index is 12.4. The largest absolute Gasteiger partial charge is 0.506 e. The normalized spacial score (nSPS) is 11.5. The number of furan rings is 1. The molecule has 3 aromatic rings. The summed E-state index contributed by atoms with van der Waals surface area (Å²) in [6.45, 7) is 5.72. The van der Waals surface area contributed by atoms with Gasteiger partial charge in [0.15, 0.2) is 15.6 Å². The summed E-state index contributed by atoms with van der Waals surface area (Å²) >= 11 is 0. The number of hydrogen-bond acceptors (Lipinski definition) is 6. The predicted octanol–water partition coefficient (Wildman–Crippen LogP) is 2.89. The Morgan fingerprint density at radius 2 is 1.96 bits per heavy atom. The van der Waals surface area contributed by atoms with Gasteiger partial charge < -0.3 is 14.8 Å². The fourth-order valence-electron chi connectivity index (χ4n) is 2.73. The molecule has 0 spiro atoms. The number of nitrogens with one attached hydrogen (secondary N) is 1. The highest BCUT2D eigenvalue weighted by atomic mass is 32.2. The van der Waals surface area contributed by atoms with E-state index in [1.54, 1.807) is 10.7 Å². The number of benzene rings is 1. The molecule has 28 heavy (non-hydrogen) atoms. The molecule has 0 bridgehead atoms. The van der Waals surface area contributed by atoms with Gasteiger partial charge in [-0.15, -0.1) is 0 Å². The number of anilines is 1. The first-order valence-corrected chi connectivity index (χ1v) is 10.3. The van der Waals surface area contributed by atoms with Crippen LogP contribution in [-0.4, -0.2) is 35.0 Å². The van der Waals surface area contributed by atoms with Gasteiger partial charge in [-0.25, -0.2) is 8.42 Å². The lowest BCUT2D eigenvalue weighted by Gasteiger charge is -2.09. The molecule has 0 saturated carbocycles. The summed E-state index contributed by atoms with van der Waals surface area (Å²) in [7, 11) is -3.47. The third kappa shape index (κ3) is 4.09. The quantitative estimate of drug-likeness (QED) is 0.612. The van der Waals surface area contributed by atoms with E-state index in [9.17, 15) is 18.3 Å². The Morgan fingerprint density at radius 1 is 1.21 bits per heavy atom. The molecule has 8 nitrogen and oxygen atoms in total. The number of nitrogens with zero attached hydrogens (tertiary/aromatic N) is 2. The molecule has 148 valence electrons. The van der Waals surface area contributed by atoms with Gasteiger partial charge in [0.2, 0.25) is 0 Å². The zero-order chi connectivity index (χ0) is 20.5. The van der Waals surface area contributed by atoms with E-state index < -0.39 is 15.7 Å². The zero-order valence-electron chi connectivity index (χ0n) is 15.8. The van der Waals surface area contributed by atoms with E-state index >= 15 is 0 Å². The van der Waals surface area contributed by atoms with Crippen molar-refractivity contribution in [3.05, 3.63) is 59.3 Å². The molecule has 9 heteroatoms. The van der Waals surface area contributed by atoms with E-state index in [0.29, 0.717) is 12.3 Å². The molecule has 1 aromatic carbocycles. The van der Waals surface area contributed by atoms with Crippen molar-refractivity contribution in [2.24, 2.45) is 0 Å². The second-order valence-electron chi connectivity index (χ2n) is 6.39. The first kappa shape index (κ1) is 19.7. The number of aromatic hydroxyl groups is 1. The van der Waals surface area contributed by atoms with Gasteiger partial charge in [0.05, 0.1) is 28.6 Å². The Bertz CT molecular complexity index is 1130. The molecular formula is C19H21N3O5S. The highest BCUT2D eigenvalue weighted by Gasteiger charge is 2.18. The van der Waals surface area contributed by atoms with Crippen molar-refractivity contribution in [1.82, 2.24) is 9.78 Å². The van der Waals surface area contributed by atoms with Gasteiger partial charge in [-0.05, 0) is 50.2 Å². The van der Waals surface area contributed by atoms with Gasteiger partial charge >= 0.3 is 0 Å². The number of sulfone groups is 1. The molecule has 0 saturated heterocycles. The van der Waals surface area contributed by atoms with Crippen molar-refractivity contribution in [2.75, 3.05) is 11.1 Å². The average molecular weight is 403 g/mol. The van der Waals surface area contributed by atoms with E-state index in [1.807, 2.05) is 19.9 Å². The number of carbonyl (C=O) groups is 1. The van der Waals surface area contributed by atoms with Crippen molar-refractivity contribution < 1.29 is 22.7 Å². The van der Waals surface area contributed by atoms with E-state index in [2.05, 4.69) is 10.4 Å². The summed E-state index contributed by atoms with van der Waals surface area (Å²) in [4.78, 5) is 12.5. The van der Waals surface area contributed by atoms with Crippen LogP contribution in [0.25, 0.3) is 0 Å². The average Bonchev–Trinajstić information content (AvgIpc) is 3.23. The fourth-order valence-corrected chi connectivity index (χ4v) is 3.63. The molecule has 0 radical (unpaired) electrons. The number of phenols is 1. The van der Waals surface area contributed by atoms with Gasteiger partial charge in [0.1, 0.15) is 11.5 Å². The third-order valence-electron chi connectivity index (χ3n) is 4.25. The summed E-state index contributed by atoms with van der Waals surface area (Å²) in [5.41, 5.74) is 1.86. The lowest BCUT2D eigenvalue weighted by atomic mass is 10.3. The van der Waals surface area contributed by atoms with Crippen LogP contribution in [-0.2, 0) is 16.4 Å². The topological polar surface area (TPSA) is 114 Å². The fraction of sp³-hybridized carbons (Fsp3) is 0.263. The Labute approximate surface area is 162 Å². The number of rotatable bonds is 6. The lowest BCUT2D eigenvalue weighted by Crippen LogP contribution is -2.12. The van der Waals surface area contributed by atoms with Gasteiger partial charge in [0.25, 0.3) is 5.91 Å². The molecule has 3 rings (SSSR count). The van der Waals surface area contributed by atoms with Crippen molar-refractivity contribution >= 4 is 21.4 Å². The van der Waals surface area contributed by atoms with Gasteiger partial charge in [-0.3, -0.25) is 9.48 Å². The number of aryl methyl sites for hydroxylation is 2. The lowest BCUT2D eigenvalue weighted by molar-refractivity contribution is 0.0994. The van der Waals surface area contributed by atoms with Crippen LogP contribution >= 0.6 is 0 Å². The predicted molar refractivity (Wildman–Crippen MR) is 103 cm³/mol. The monoisotopic (exact) mass is 403 g/mol. The summed E-state index contributed by atoms with van der Waals surface area (Å²) in [6.07, 6.45) is 0. The minimum Gasteiger partial charge on any atom is -0.506 e. The molecule has 2 heterocycles. The van der Waals surface area contributed by atoms with Crippen LogP contribution in [0.15, 0.2) is 45.7 Å². The minimum absolute atomic E-state index is 0.00368. The summed E-state index contributed by atoms with van der Waals surface area (Å²) in [5.74, 6) is -0.333. The molecule has 0 aliphatic rings. The van der Waals surface area contributed by atoms with Crippen molar-refractivity contribution in [3.8, 4) is 5.75 Å². The van der Waals surface area contributed by atoms with Crippen LogP contribution in [0.2, 0.25) is 0 Å². The Balaban J connectivity index is 1.78. The first-order chi connectivity index (χ1) is 13.2. The molecule has 2 N–H and O–H groups in total. The SMILES string of the molecule is CCS(=O)(=O)c1ccc(O)c(NC(=O)c2ccc(Cn3nc(C)cc3C)o2)c1.